The average molecular weight is 342 g/mol. The number of halogens is 3. The maximum atomic E-state index is 12.1. The first-order valence-corrected chi connectivity index (χ1v) is 8.02. The first-order valence-electron chi connectivity index (χ1n) is 7.03. The van der Waals surface area contributed by atoms with Crippen molar-refractivity contribution in [3.63, 3.8) is 0 Å². The molecule has 0 spiro atoms. The zero-order chi connectivity index (χ0) is 17.0. The molecule has 2 rings (SSSR count). The summed E-state index contributed by atoms with van der Waals surface area (Å²) in [6.07, 6.45) is -1.45. The zero-order valence-electron chi connectivity index (χ0n) is 12.6. The first-order chi connectivity index (χ1) is 10.0. The van der Waals surface area contributed by atoms with E-state index in [2.05, 4.69) is 19.2 Å². The average Bonchev–Trinajstić information content (AvgIpc) is 2.79. The summed E-state index contributed by atoms with van der Waals surface area (Å²) in [4.78, 5) is 23.1. The minimum atomic E-state index is -5.08. The normalized spacial score (nSPS) is 24.4. The highest BCUT2D eigenvalue weighted by Gasteiger charge is 2.38. The van der Waals surface area contributed by atoms with Crippen molar-refractivity contribution in [2.24, 2.45) is 0 Å². The van der Waals surface area contributed by atoms with Crippen LogP contribution in [0.2, 0.25) is 0 Å². The maximum absolute atomic E-state index is 12.1. The second-order valence-electron chi connectivity index (χ2n) is 5.71. The van der Waals surface area contributed by atoms with Crippen LogP contribution in [0.15, 0.2) is 0 Å². The Morgan fingerprint density at radius 1 is 1.23 bits per heavy atom. The largest absolute Gasteiger partial charge is 0.490 e. The van der Waals surface area contributed by atoms with Crippen LogP contribution in [0, 0.1) is 0 Å². The van der Waals surface area contributed by atoms with Gasteiger partial charge in [-0.15, -0.1) is 11.8 Å². The van der Waals surface area contributed by atoms with Crippen LogP contribution in [0.5, 0.6) is 0 Å². The van der Waals surface area contributed by atoms with E-state index >= 15 is 0 Å². The summed E-state index contributed by atoms with van der Waals surface area (Å²) < 4.78 is 31.7. The third-order valence-electron chi connectivity index (χ3n) is 3.34. The third kappa shape index (κ3) is 6.04. The van der Waals surface area contributed by atoms with E-state index in [4.69, 9.17) is 9.90 Å². The molecule has 0 unspecified atom stereocenters. The van der Waals surface area contributed by atoms with Gasteiger partial charge < -0.3 is 10.0 Å². The van der Waals surface area contributed by atoms with Gasteiger partial charge in [0.05, 0.1) is 10.9 Å². The van der Waals surface area contributed by atoms with Crippen LogP contribution in [-0.4, -0.2) is 57.8 Å². The smallest absolute Gasteiger partial charge is 0.475 e. The van der Waals surface area contributed by atoms with Gasteiger partial charge in [0.2, 0.25) is 5.91 Å². The molecule has 2 N–H and O–H groups in total. The monoisotopic (exact) mass is 342 g/mol. The molecule has 1 amide bonds. The Morgan fingerprint density at radius 2 is 1.73 bits per heavy atom. The van der Waals surface area contributed by atoms with Crippen molar-refractivity contribution in [2.45, 2.75) is 50.2 Å². The van der Waals surface area contributed by atoms with Crippen LogP contribution in [0.4, 0.5) is 13.2 Å². The molecule has 0 saturated carbocycles. The molecule has 2 heterocycles. The van der Waals surface area contributed by atoms with E-state index in [9.17, 15) is 18.0 Å². The van der Waals surface area contributed by atoms with E-state index in [0.29, 0.717) is 5.91 Å². The Labute approximate surface area is 131 Å². The van der Waals surface area contributed by atoms with Gasteiger partial charge in [0, 0.05) is 18.8 Å². The predicted octanol–water partition coefficient (Wildman–Crippen LogP) is 2.07. The van der Waals surface area contributed by atoms with Crippen LogP contribution in [0.25, 0.3) is 0 Å². The number of thioether (sulfide) groups is 1. The van der Waals surface area contributed by atoms with Gasteiger partial charge in [-0.3, -0.25) is 10.1 Å². The number of aliphatic carboxylic acids is 1. The summed E-state index contributed by atoms with van der Waals surface area (Å²) in [5.74, 6) is -1.53. The van der Waals surface area contributed by atoms with Gasteiger partial charge in [-0.05, 0) is 33.1 Å². The first kappa shape index (κ1) is 19.1. The molecule has 2 fully saturated rings. The Kier molecular flexibility index (Phi) is 6.54. The molecule has 0 aromatic heterocycles. The van der Waals surface area contributed by atoms with Gasteiger partial charge in [-0.25, -0.2) is 4.79 Å². The molecule has 0 radical (unpaired) electrons. The lowest BCUT2D eigenvalue weighted by atomic mass is 10.1. The van der Waals surface area contributed by atoms with Crippen molar-refractivity contribution >= 4 is 23.6 Å². The van der Waals surface area contributed by atoms with E-state index in [1.807, 2.05) is 16.7 Å². The van der Waals surface area contributed by atoms with Crippen molar-refractivity contribution in [3.05, 3.63) is 0 Å². The number of nitrogens with zero attached hydrogens (tertiary/aromatic N) is 1. The zero-order valence-corrected chi connectivity index (χ0v) is 13.4. The number of carbonyl (C=O) groups is 2. The van der Waals surface area contributed by atoms with Crippen LogP contribution >= 0.6 is 11.8 Å². The van der Waals surface area contributed by atoms with Crippen LogP contribution in [0.1, 0.15) is 33.1 Å². The molecule has 0 aromatic carbocycles. The number of amides is 1. The molecule has 0 aromatic rings. The number of nitrogens with one attached hydrogen (secondary N) is 1. The summed E-state index contributed by atoms with van der Waals surface area (Å²) in [5, 5.41) is 10.5. The molecule has 0 aliphatic carbocycles. The van der Waals surface area contributed by atoms with Gasteiger partial charge in [0.15, 0.2) is 0 Å². The molecule has 1 atom stereocenters. The molecule has 22 heavy (non-hydrogen) atoms. The van der Waals surface area contributed by atoms with E-state index in [1.165, 1.54) is 19.3 Å². The van der Waals surface area contributed by atoms with E-state index < -0.39 is 12.1 Å². The Hall–Kier alpha value is -0.960. The van der Waals surface area contributed by atoms with Gasteiger partial charge in [0.25, 0.3) is 0 Å². The van der Waals surface area contributed by atoms with Crippen LogP contribution in [-0.2, 0) is 9.59 Å². The minimum absolute atomic E-state index is 0.0445. The molecule has 0 bridgehead atoms. The van der Waals surface area contributed by atoms with Gasteiger partial charge in [-0.2, -0.15) is 13.2 Å². The molecule has 2 aliphatic heterocycles. The lowest BCUT2D eigenvalue weighted by Gasteiger charge is -2.29. The summed E-state index contributed by atoms with van der Waals surface area (Å²) in [5.41, 5.74) is 0. The summed E-state index contributed by atoms with van der Waals surface area (Å²) in [6.45, 7) is 6.20. The maximum Gasteiger partial charge on any atom is 0.490 e. The quantitative estimate of drug-likeness (QED) is 0.763. The highest BCUT2D eigenvalue weighted by molar-refractivity contribution is 8.00. The van der Waals surface area contributed by atoms with Crippen LogP contribution in [0.3, 0.4) is 0 Å². The molecule has 128 valence electrons. The number of carboxylic acids is 1. The van der Waals surface area contributed by atoms with Crippen LogP contribution < -0.4 is 5.32 Å². The lowest BCUT2D eigenvalue weighted by molar-refractivity contribution is -0.192. The predicted molar refractivity (Wildman–Crippen MR) is 77.6 cm³/mol. The third-order valence-corrected chi connectivity index (χ3v) is 4.68. The fourth-order valence-electron chi connectivity index (χ4n) is 2.26. The van der Waals surface area contributed by atoms with Gasteiger partial charge >= 0.3 is 12.1 Å². The number of hydrogen-bond donors (Lipinski definition) is 2. The van der Waals surface area contributed by atoms with Crippen molar-refractivity contribution in [1.29, 1.82) is 0 Å². The molecule has 2 saturated heterocycles. The fourth-order valence-corrected chi connectivity index (χ4v) is 3.30. The molecule has 5 nitrogen and oxygen atoms in total. The summed E-state index contributed by atoms with van der Waals surface area (Å²) >= 11 is 1.84. The lowest BCUT2D eigenvalue weighted by Crippen LogP contribution is -2.49. The van der Waals surface area contributed by atoms with E-state index in [1.54, 1.807) is 0 Å². The molecular weight excluding hydrogens is 321 g/mol. The summed E-state index contributed by atoms with van der Waals surface area (Å²) in [7, 11) is 0. The Morgan fingerprint density at radius 3 is 2.09 bits per heavy atom. The van der Waals surface area contributed by atoms with Crippen molar-refractivity contribution in [3.8, 4) is 0 Å². The topological polar surface area (TPSA) is 69.6 Å². The number of alkyl halides is 3. The Balaban J connectivity index is 0.000000295. The van der Waals surface area contributed by atoms with Crippen molar-refractivity contribution in [1.82, 2.24) is 10.2 Å². The number of piperidine rings is 1. The molecule has 2 aliphatic rings. The van der Waals surface area contributed by atoms with Crippen molar-refractivity contribution in [2.75, 3.05) is 18.8 Å². The fraction of sp³-hybridized carbons (Fsp3) is 0.846. The van der Waals surface area contributed by atoms with E-state index in [0.717, 1.165) is 18.8 Å². The number of likely N-dealkylation sites (tertiary alicyclic amines) is 1. The molecular formula is C13H21F3N2O3S. The highest BCUT2D eigenvalue weighted by Crippen LogP contribution is 2.30. The second kappa shape index (κ2) is 7.54. The number of carbonyl (C=O) groups excluding carboxylic acids is 1. The van der Waals surface area contributed by atoms with E-state index in [-0.39, 0.29) is 10.9 Å². The standard InChI is InChI=1S/C11H20N2OS.C2HF3O2/c1-11(2)12-9(8-15-11)10(14)13-6-4-3-5-7-13;3-2(4,5)1(6)7/h9,12H,3-8H2,1-2H3;(H,6,7)/t9-;/m0./s1. The second-order valence-corrected chi connectivity index (χ2v) is 7.35. The van der Waals surface area contributed by atoms with Crippen molar-refractivity contribution < 1.29 is 27.9 Å². The highest BCUT2D eigenvalue weighted by atomic mass is 32.2. The minimum Gasteiger partial charge on any atom is -0.475 e. The number of carboxylic acid groups (broad SMARTS) is 1. The Bertz CT molecular complexity index is 410. The molecule has 9 heteroatoms. The van der Waals surface area contributed by atoms with Gasteiger partial charge in [0.1, 0.15) is 0 Å². The number of hydrogen-bond acceptors (Lipinski definition) is 4. The van der Waals surface area contributed by atoms with Gasteiger partial charge in [-0.1, -0.05) is 0 Å². The summed E-state index contributed by atoms with van der Waals surface area (Å²) in [6, 6.07) is 0.0445. The SMILES string of the molecule is CC1(C)N[C@H](C(=O)N2CCCCC2)CS1.O=C(O)C(F)(F)F. The number of rotatable bonds is 1.